The van der Waals surface area contributed by atoms with Crippen molar-refractivity contribution in [1.82, 2.24) is 9.80 Å². The summed E-state index contributed by atoms with van der Waals surface area (Å²) in [4.78, 5) is 14.9. The molecule has 0 radical (unpaired) electrons. The van der Waals surface area contributed by atoms with E-state index in [0.717, 1.165) is 13.1 Å². The molecule has 1 rings (SSSR count). The third kappa shape index (κ3) is 2.67. The molecule has 0 aromatic rings. The van der Waals surface area contributed by atoms with Crippen LogP contribution in [0.1, 0.15) is 13.3 Å². The molecule has 0 bridgehead atoms. The summed E-state index contributed by atoms with van der Waals surface area (Å²) in [7, 11) is 4.05. The van der Waals surface area contributed by atoms with Crippen molar-refractivity contribution in [2.45, 2.75) is 25.4 Å². The molecule has 4 heteroatoms. The molecular formula is C9H18N2O2. The molecule has 1 aliphatic heterocycles. The summed E-state index contributed by atoms with van der Waals surface area (Å²) in [6.07, 6.45) is 0.244. The monoisotopic (exact) mass is 186 g/mol. The summed E-state index contributed by atoms with van der Waals surface area (Å²) in [5.74, 6) is -0.709. The highest BCUT2D eigenvalue weighted by molar-refractivity contribution is 5.67. The number of carboxylic acids is 1. The van der Waals surface area contributed by atoms with Gasteiger partial charge in [0.15, 0.2) is 0 Å². The van der Waals surface area contributed by atoms with Crippen molar-refractivity contribution in [3.05, 3.63) is 0 Å². The zero-order valence-corrected chi connectivity index (χ0v) is 8.53. The van der Waals surface area contributed by atoms with Crippen molar-refractivity contribution in [2.75, 3.05) is 27.2 Å². The van der Waals surface area contributed by atoms with Gasteiger partial charge in [0.1, 0.15) is 0 Å². The van der Waals surface area contributed by atoms with Crippen molar-refractivity contribution in [3.8, 4) is 0 Å². The number of carboxylic acid groups (broad SMARTS) is 1. The Kier molecular flexibility index (Phi) is 3.27. The minimum absolute atomic E-state index is 0.165. The largest absolute Gasteiger partial charge is 0.481 e. The third-order valence-electron chi connectivity index (χ3n) is 2.84. The Morgan fingerprint density at radius 1 is 1.38 bits per heavy atom. The van der Waals surface area contributed by atoms with Gasteiger partial charge < -0.3 is 14.9 Å². The molecule has 0 saturated carbocycles. The van der Waals surface area contributed by atoms with E-state index < -0.39 is 5.97 Å². The van der Waals surface area contributed by atoms with E-state index in [1.54, 1.807) is 0 Å². The Hall–Kier alpha value is -0.610. The van der Waals surface area contributed by atoms with Gasteiger partial charge in [0.2, 0.25) is 0 Å². The van der Waals surface area contributed by atoms with Crippen LogP contribution in [0.15, 0.2) is 0 Å². The molecule has 1 heterocycles. The molecule has 1 unspecified atom stereocenters. The van der Waals surface area contributed by atoms with Gasteiger partial charge in [0, 0.05) is 25.2 Å². The zero-order valence-electron chi connectivity index (χ0n) is 8.53. The van der Waals surface area contributed by atoms with Gasteiger partial charge >= 0.3 is 5.97 Å². The fourth-order valence-corrected chi connectivity index (χ4v) is 1.78. The number of hydrogen-bond donors (Lipinski definition) is 1. The van der Waals surface area contributed by atoms with Crippen LogP contribution < -0.4 is 0 Å². The van der Waals surface area contributed by atoms with E-state index in [2.05, 4.69) is 16.7 Å². The zero-order chi connectivity index (χ0) is 10.0. The lowest BCUT2D eigenvalue weighted by Crippen LogP contribution is -2.54. The van der Waals surface area contributed by atoms with E-state index in [9.17, 15) is 4.79 Å². The first-order chi connectivity index (χ1) is 6.00. The standard InChI is InChI=1S/C9H18N2O2/c1-7-5-11(3)8(4-9(12)13)6-10(7)2/h7-8H,4-6H2,1-3H3,(H,12,13)/t7-,8?/m0/s1. The Morgan fingerprint density at radius 2 is 2.00 bits per heavy atom. The average Bonchev–Trinajstić information content (AvgIpc) is 1.99. The molecule has 1 aliphatic rings. The molecule has 1 saturated heterocycles. The van der Waals surface area contributed by atoms with Gasteiger partial charge in [-0.3, -0.25) is 4.79 Å². The lowest BCUT2D eigenvalue weighted by Gasteiger charge is -2.41. The molecular weight excluding hydrogens is 168 g/mol. The van der Waals surface area contributed by atoms with E-state index in [-0.39, 0.29) is 12.5 Å². The lowest BCUT2D eigenvalue weighted by atomic mass is 10.1. The van der Waals surface area contributed by atoms with Gasteiger partial charge in [-0.1, -0.05) is 0 Å². The van der Waals surface area contributed by atoms with E-state index in [4.69, 9.17) is 5.11 Å². The second-order valence-electron chi connectivity index (χ2n) is 3.98. The molecule has 1 N–H and O–H groups in total. The summed E-state index contributed by atoms with van der Waals surface area (Å²) in [5.41, 5.74) is 0. The number of rotatable bonds is 2. The summed E-state index contributed by atoms with van der Waals surface area (Å²) >= 11 is 0. The first-order valence-electron chi connectivity index (χ1n) is 4.63. The lowest BCUT2D eigenvalue weighted by molar-refractivity contribution is -0.139. The van der Waals surface area contributed by atoms with Crippen LogP contribution in [-0.4, -0.2) is 60.1 Å². The third-order valence-corrected chi connectivity index (χ3v) is 2.84. The molecule has 1 fully saturated rings. The highest BCUT2D eigenvalue weighted by Gasteiger charge is 2.28. The summed E-state index contributed by atoms with van der Waals surface area (Å²) < 4.78 is 0. The van der Waals surface area contributed by atoms with Crippen LogP contribution in [0.4, 0.5) is 0 Å². The van der Waals surface area contributed by atoms with Gasteiger partial charge in [-0.05, 0) is 21.0 Å². The molecule has 0 aliphatic carbocycles. The smallest absolute Gasteiger partial charge is 0.304 e. The molecule has 76 valence electrons. The fourth-order valence-electron chi connectivity index (χ4n) is 1.78. The van der Waals surface area contributed by atoms with Gasteiger partial charge in [0.05, 0.1) is 6.42 Å². The van der Waals surface area contributed by atoms with Crippen LogP contribution in [0, 0.1) is 0 Å². The van der Waals surface area contributed by atoms with Gasteiger partial charge in [0.25, 0.3) is 0 Å². The molecule has 0 aromatic carbocycles. The molecule has 13 heavy (non-hydrogen) atoms. The van der Waals surface area contributed by atoms with Crippen LogP contribution in [-0.2, 0) is 4.79 Å². The van der Waals surface area contributed by atoms with Crippen LogP contribution in [0.5, 0.6) is 0 Å². The number of piperazine rings is 1. The highest BCUT2D eigenvalue weighted by Crippen LogP contribution is 2.13. The molecule has 0 spiro atoms. The van der Waals surface area contributed by atoms with E-state index in [1.165, 1.54) is 0 Å². The Balaban J connectivity index is 2.51. The van der Waals surface area contributed by atoms with Gasteiger partial charge in [-0.2, -0.15) is 0 Å². The number of likely N-dealkylation sites (N-methyl/N-ethyl adjacent to an activating group) is 2. The predicted octanol–water partition coefficient (Wildman–Crippen LogP) is 0.0954. The second kappa shape index (κ2) is 4.07. The average molecular weight is 186 g/mol. The summed E-state index contributed by atoms with van der Waals surface area (Å²) in [6.45, 7) is 3.96. The Morgan fingerprint density at radius 3 is 2.54 bits per heavy atom. The maximum atomic E-state index is 10.6. The fraction of sp³-hybridized carbons (Fsp3) is 0.889. The minimum atomic E-state index is -0.709. The molecule has 0 aromatic heterocycles. The Bertz CT molecular complexity index is 196. The second-order valence-corrected chi connectivity index (χ2v) is 3.98. The Labute approximate surface area is 79.1 Å². The van der Waals surface area contributed by atoms with Crippen molar-refractivity contribution in [1.29, 1.82) is 0 Å². The van der Waals surface area contributed by atoms with E-state index >= 15 is 0 Å². The first-order valence-corrected chi connectivity index (χ1v) is 4.63. The molecule has 4 nitrogen and oxygen atoms in total. The number of nitrogens with zero attached hydrogens (tertiary/aromatic N) is 2. The van der Waals surface area contributed by atoms with Gasteiger partial charge in [-0.15, -0.1) is 0 Å². The number of hydrogen-bond acceptors (Lipinski definition) is 3. The van der Waals surface area contributed by atoms with Crippen LogP contribution in [0.3, 0.4) is 0 Å². The topological polar surface area (TPSA) is 43.8 Å². The highest BCUT2D eigenvalue weighted by atomic mass is 16.4. The first kappa shape index (κ1) is 10.5. The van der Waals surface area contributed by atoms with Gasteiger partial charge in [-0.25, -0.2) is 0 Å². The van der Waals surface area contributed by atoms with Crippen molar-refractivity contribution in [2.24, 2.45) is 0 Å². The van der Waals surface area contributed by atoms with Crippen LogP contribution in [0.2, 0.25) is 0 Å². The van der Waals surface area contributed by atoms with Crippen molar-refractivity contribution >= 4 is 5.97 Å². The maximum Gasteiger partial charge on any atom is 0.304 e. The molecule has 0 amide bonds. The van der Waals surface area contributed by atoms with E-state index in [0.29, 0.717) is 6.04 Å². The maximum absolute atomic E-state index is 10.6. The summed E-state index contributed by atoms with van der Waals surface area (Å²) in [5, 5.41) is 8.69. The van der Waals surface area contributed by atoms with Crippen LogP contribution in [0.25, 0.3) is 0 Å². The van der Waals surface area contributed by atoms with E-state index in [1.807, 2.05) is 14.1 Å². The van der Waals surface area contributed by atoms with Crippen LogP contribution >= 0.6 is 0 Å². The summed E-state index contributed by atoms with van der Waals surface area (Å²) in [6, 6.07) is 0.689. The van der Waals surface area contributed by atoms with Crippen molar-refractivity contribution < 1.29 is 9.90 Å². The quantitative estimate of drug-likeness (QED) is 0.664. The van der Waals surface area contributed by atoms with Crippen molar-refractivity contribution in [3.63, 3.8) is 0 Å². The SMILES string of the molecule is C[C@H]1CN(C)C(CC(=O)O)CN1C. The number of carbonyl (C=O) groups is 1. The molecule has 2 atom stereocenters. The normalized spacial score (nSPS) is 31.9. The predicted molar refractivity (Wildman–Crippen MR) is 50.8 cm³/mol. The number of aliphatic carboxylic acids is 1. The minimum Gasteiger partial charge on any atom is -0.481 e.